The summed E-state index contributed by atoms with van der Waals surface area (Å²) in [5.74, 6) is -0.729. The second kappa shape index (κ2) is 14.5. The van der Waals surface area contributed by atoms with Crippen molar-refractivity contribution in [2.45, 2.75) is 63.1 Å². The summed E-state index contributed by atoms with van der Waals surface area (Å²) < 4.78 is 58.8. The molecule has 0 bridgehead atoms. The molecule has 1 heterocycles. The topological polar surface area (TPSA) is 174 Å². The molecule has 0 saturated carbocycles. The number of anilines is 2. The Morgan fingerprint density at radius 2 is 1.71 bits per heavy atom. The van der Waals surface area contributed by atoms with E-state index in [4.69, 9.17) is 4.74 Å². The highest BCUT2D eigenvalue weighted by Crippen LogP contribution is 2.28. The molecule has 1 aliphatic rings. The summed E-state index contributed by atoms with van der Waals surface area (Å²) in [6, 6.07) is 10.0. The molecule has 5 N–H and O–H groups in total. The summed E-state index contributed by atoms with van der Waals surface area (Å²) in [6.45, 7) is 7.34. The molecule has 234 valence electrons. The number of carbonyl (C=O) groups is 1. The predicted molar refractivity (Wildman–Crippen MR) is 161 cm³/mol. The molecule has 14 heteroatoms. The van der Waals surface area contributed by atoms with Gasteiger partial charge in [-0.2, -0.15) is 4.72 Å². The lowest BCUT2D eigenvalue weighted by atomic mass is 10.0. The van der Waals surface area contributed by atoms with Crippen LogP contribution in [0.15, 0.2) is 47.4 Å². The van der Waals surface area contributed by atoms with Crippen molar-refractivity contribution in [2.24, 2.45) is 5.92 Å². The van der Waals surface area contributed by atoms with Gasteiger partial charge in [0.2, 0.25) is 20.0 Å². The molecule has 1 fully saturated rings. The summed E-state index contributed by atoms with van der Waals surface area (Å²) in [4.78, 5) is 14.5. The average Bonchev–Trinajstić information content (AvgIpc) is 2.92. The quantitative estimate of drug-likeness (QED) is 0.155. The van der Waals surface area contributed by atoms with Crippen molar-refractivity contribution in [1.29, 1.82) is 0 Å². The van der Waals surface area contributed by atoms with Crippen LogP contribution >= 0.6 is 0 Å². The number of hydrogen-bond donors (Lipinski definition) is 5. The normalized spacial score (nSPS) is 16.3. The molecule has 2 aromatic carbocycles. The molecular formula is C28H42N4O8S2. The van der Waals surface area contributed by atoms with Gasteiger partial charge in [0, 0.05) is 31.4 Å². The zero-order valence-corrected chi connectivity index (χ0v) is 26.0. The molecule has 42 heavy (non-hydrogen) atoms. The van der Waals surface area contributed by atoms with Crippen LogP contribution in [0.1, 0.15) is 51.7 Å². The van der Waals surface area contributed by atoms with E-state index < -0.39 is 38.2 Å². The molecule has 0 aliphatic carbocycles. The fraction of sp³-hybridized carbons (Fsp3) is 0.536. The molecule has 1 aliphatic heterocycles. The number of esters is 1. The van der Waals surface area contributed by atoms with Crippen LogP contribution in [0, 0.1) is 5.92 Å². The monoisotopic (exact) mass is 626 g/mol. The first kappa shape index (κ1) is 33.6. The fourth-order valence-corrected chi connectivity index (χ4v) is 6.54. The van der Waals surface area contributed by atoms with Crippen molar-refractivity contribution in [2.75, 3.05) is 42.1 Å². The fourth-order valence-electron chi connectivity index (χ4n) is 4.78. The van der Waals surface area contributed by atoms with Gasteiger partial charge in [0.05, 0.1) is 29.5 Å². The minimum Gasteiger partial charge on any atom is -0.506 e. The van der Waals surface area contributed by atoms with E-state index >= 15 is 0 Å². The third kappa shape index (κ3) is 9.83. The standard InChI is InChI=1S/C28H42N4O8S2/c1-5-40-28(35)25(16-19(2)3)31-42(38,39)23-9-7-22(8-10-23)32-14-12-21(13-15-32)29-18-27(34)20-6-11-26(33)24(17-20)30-41(4,36)37/h6-11,17,19,21,25,27,29-31,33-34H,5,12-16,18H2,1-4H3/t25-,27-/m0/s1. The van der Waals surface area contributed by atoms with Crippen molar-refractivity contribution in [1.82, 2.24) is 10.0 Å². The summed E-state index contributed by atoms with van der Waals surface area (Å²) in [6.07, 6.45) is 1.99. The first-order valence-corrected chi connectivity index (χ1v) is 17.3. The van der Waals surface area contributed by atoms with E-state index in [1.54, 1.807) is 25.1 Å². The minimum atomic E-state index is -3.93. The van der Waals surface area contributed by atoms with E-state index in [2.05, 4.69) is 19.7 Å². The third-order valence-electron chi connectivity index (χ3n) is 6.88. The van der Waals surface area contributed by atoms with Gasteiger partial charge in [-0.3, -0.25) is 9.52 Å². The van der Waals surface area contributed by atoms with Crippen molar-refractivity contribution < 1.29 is 36.6 Å². The molecule has 0 radical (unpaired) electrons. The molecule has 12 nitrogen and oxygen atoms in total. The zero-order chi connectivity index (χ0) is 31.1. The number of phenols is 1. The first-order valence-electron chi connectivity index (χ1n) is 13.9. The number of phenolic OH excluding ortho intramolecular Hbond substituents is 1. The SMILES string of the molecule is CCOC(=O)[C@H](CC(C)C)NS(=O)(=O)c1ccc(N2CCC(NC[C@H](O)c3ccc(O)c(NS(C)(=O)=O)c3)CC2)cc1. The maximum absolute atomic E-state index is 13.0. The number of rotatable bonds is 14. The van der Waals surface area contributed by atoms with Gasteiger partial charge in [-0.05, 0) is 74.1 Å². The molecule has 0 spiro atoms. The van der Waals surface area contributed by atoms with Crippen LogP contribution in [0.4, 0.5) is 11.4 Å². The van der Waals surface area contributed by atoms with Crippen LogP contribution in [-0.4, -0.2) is 77.6 Å². The predicted octanol–water partition coefficient (Wildman–Crippen LogP) is 2.31. The van der Waals surface area contributed by atoms with Gasteiger partial charge in [-0.1, -0.05) is 19.9 Å². The molecule has 0 aromatic heterocycles. The molecule has 0 amide bonds. The molecule has 2 aromatic rings. The van der Waals surface area contributed by atoms with Crippen LogP contribution in [0.3, 0.4) is 0 Å². The number of nitrogens with one attached hydrogen (secondary N) is 3. The number of ether oxygens (including phenoxy) is 1. The minimum absolute atomic E-state index is 0.00586. The lowest BCUT2D eigenvalue weighted by molar-refractivity contribution is -0.145. The van der Waals surface area contributed by atoms with E-state index in [1.807, 2.05) is 13.8 Å². The maximum Gasteiger partial charge on any atom is 0.324 e. The highest BCUT2D eigenvalue weighted by molar-refractivity contribution is 7.92. The number of nitrogens with zero attached hydrogens (tertiary/aromatic N) is 1. The number of benzene rings is 2. The van der Waals surface area contributed by atoms with Gasteiger partial charge < -0.3 is 25.2 Å². The number of carbonyl (C=O) groups excluding carboxylic acids is 1. The largest absolute Gasteiger partial charge is 0.506 e. The number of piperidine rings is 1. The maximum atomic E-state index is 13.0. The average molecular weight is 627 g/mol. The number of aromatic hydroxyl groups is 1. The van der Waals surface area contributed by atoms with Crippen LogP contribution in [0.25, 0.3) is 0 Å². The number of aliphatic hydroxyl groups excluding tert-OH is 1. The number of hydrogen-bond acceptors (Lipinski definition) is 10. The first-order chi connectivity index (χ1) is 19.7. The van der Waals surface area contributed by atoms with E-state index in [0.29, 0.717) is 12.0 Å². The van der Waals surface area contributed by atoms with Gasteiger partial charge in [0.15, 0.2) is 0 Å². The highest BCUT2D eigenvalue weighted by atomic mass is 32.2. The van der Waals surface area contributed by atoms with Crippen LogP contribution in [0.5, 0.6) is 5.75 Å². The summed E-state index contributed by atoms with van der Waals surface area (Å²) in [5.41, 5.74) is 1.35. The lowest BCUT2D eigenvalue weighted by Gasteiger charge is -2.34. The Kier molecular flexibility index (Phi) is 11.6. The highest BCUT2D eigenvalue weighted by Gasteiger charge is 2.28. The van der Waals surface area contributed by atoms with Gasteiger partial charge in [-0.15, -0.1) is 0 Å². The van der Waals surface area contributed by atoms with E-state index in [-0.39, 0.29) is 41.4 Å². The third-order valence-corrected chi connectivity index (χ3v) is 8.96. The van der Waals surface area contributed by atoms with Crippen molar-refractivity contribution in [3.8, 4) is 5.75 Å². The Morgan fingerprint density at radius 3 is 2.29 bits per heavy atom. The lowest BCUT2D eigenvalue weighted by Crippen LogP contribution is -2.43. The van der Waals surface area contributed by atoms with E-state index in [9.17, 15) is 31.8 Å². The van der Waals surface area contributed by atoms with Gasteiger partial charge in [-0.25, -0.2) is 16.8 Å². The molecular weight excluding hydrogens is 584 g/mol. The second-order valence-corrected chi connectivity index (χ2v) is 14.3. The molecule has 0 unspecified atom stereocenters. The van der Waals surface area contributed by atoms with Gasteiger partial charge in [0.1, 0.15) is 11.8 Å². The summed E-state index contributed by atoms with van der Waals surface area (Å²) in [7, 11) is -7.51. The number of aliphatic hydroxyl groups is 1. The number of sulfonamides is 2. The smallest absolute Gasteiger partial charge is 0.324 e. The van der Waals surface area contributed by atoms with Crippen LogP contribution < -0.4 is 19.7 Å². The van der Waals surface area contributed by atoms with Crippen molar-refractivity contribution >= 4 is 37.4 Å². The van der Waals surface area contributed by atoms with Crippen LogP contribution in [-0.2, 0) is 29.6 Å². The van der Waals surface area contributed by atoms with E-state index in [1.165, 1.54) is 24.3 Å². The Bertz CT molecular complexity index is 1410. The van der Waals surface area contributed by atoms with E-state index in [0.717, 1.165) is 37.9 Å². The molecule has 1 saturated heterocycles. The Balaban J connectivity index is 1.54. The van der Waals surface area contributed by atoms with Gasteiger partial charge >= 0.3 is 5.97 Å². The second-order valence-electron chi connectivity index (χ2n) is 10.9. The Morgan fingerprint density at radius 1 is 1.07 bits per heavy atom. The zero-order valence-electron chi connectivity index (χ0n) is 24.4. The van der Waals surface area contributed by atoms with Gasteiger partial charge in [0.25, 0.3) is 0 Å². The Labute approximate surface area is 248 Å². The van der Waals surface area contributed by atoms with Crippen LogP contribution in [0.2, 0.25) is 0 Å². The Hall–Kier alpha value is -2.91. The molecule has 2 atom stereocenters. The summed E-state index contributed by atoms with van der Waals surface area (Å²) in [5, 5.41) is 23.9. The molecule has 3 rings (SSSR count). The summed E-state index contributed by atoms with van der Waals surface area (Å²) >= 11 is 0. The van der Waals surface area contributed by atoms with Crippen molar-refractivity contribution in [3.63, 3.8) is 0 Å². The van der Waals surface area contributed by atoms with Crippen molar-refractivity contribution in [3.05, 3.63) is 48.0 Å².